The van der Waals surface area contributed by atoms with E-state index >= 15 is 0 Å². The van der Waals surface area contributed by atoms with Gasteiger partial charge in [0, 0.05) is 0 Å². The number of aromatic nitrogens is 2. The summed E-state index contributed by atoms with van der Waals surface area (Å²) in [6.45, 7) is 0. The van der Waals surface area contributed by atoms with E-state index in [4.69, 9.17) is 4.52 Å². The Hall–Kier alpha value is -1.04. The van der Waals surface area contributed by atoms with E-state index in [0.29, 0.717) is 11.1 Å². The first-order chi connectivity index (χ1) is 9.75. The van der Waals surface area contributed by atoms with Gasteiger partial charge in [0.25, 0.3) is 0 Å². The van der Waals surface area contributed by atoms with Gasteiger partial charge in [-0.05, 0) is 31.4 Å². The molecule has 3 atom stereocenters. The Morgan fingerprint density at radius 1 is 1.20 bits per heavy atom. The highest BCUT2D eigenvalue weighted by atomic mass is 32.2. The largest absolute Gasteiger partial charge is 0.481 e. The molecule has 2 fully saturated rings. The molecule has 1 saturated heterocycles. The van der Waals surface area contributed by atoms with Crippen LogP contribution in [0.15, 0.2) is 4.52 Å². The van der Waals surface area contributed by atoms with Gasteiger partial charge in [-0.25, -0.2) is 0 Å². The molecule has 1 aromatic heterocycles. The van der Waals surface area contributed by atoms with Crippen LogP contribution < -0.4 is 0 Å². The van der Waals surface area contributed by atoms with Crippen LogP contribution in [0.25, 0.3) is 0 Å². The van der Waals surface area contributed by atoms with Gasteiger partial charge >= 0.3 is 5.97 Å². The van der Waals surface area contributed by atoms with Crippen molar-refractivity contribution < 1.29 is 14.4 Å². The maximum atomic E-state index is 11.4. The second-order valence-corrected chi connectivity index (χ2v) is 6.99. The van der Waals surface area contributed by atoms with Crippen LogP contribution in [0.3, 0.4) is 0 Å². The molecule has 0 radical (unpaired) electrons. The Balaban J connectivity index is 1.76. The minimum atomic E-state index is -0.735. The zero-order valence-electron chi connectivity index (χ0n) is 11.5. The molecule has 5 nitrogen and oxygen atoms in total. The van der Waals surface area contributed by atoms with Gasteiger partial charge in [0.15, 0.2) is 5.82 Å². The number of hydrogen-bond donors (Lipinski definition) is 1. The Labute approximate surface area is 122 Å². The fourth-order valence-corrected chi connectivity index (χ4v) is 4.43. The lowest BCUT2D eigenvalue weighted by Crippen LogP contribution is -2.25. The Morgan fingerprint density at radius 3 is 2.75 bits per heavy atom. The number of nitrogens with zero attached hydrogens (tertiary/aromatic N) is 2. The average molecular weight is 296 g/mol. The Morgan fingerprint density at radius 2 is 2.00 bits per heavy atom. The number of hydrogen-bond acceptors (Lipinski definition) is 5. The molecule has 0 aromatic carbocycles. The van der Waals surface area contributed by atoms with Crippen LogP contribution in [0, 0.1) is 5.92 Å². The molecule has 1 aromatic rings. The van der Waals surface area contributed by atoms with E-state index in [-0.39, 0.29) is 11.8 Å². The van der Waals surface area contributed by atoms with E-state index in [1.807, 2.05) is 11.8 Å². The van der Waals surface area contributed by atoms with Crippen LogP contribution in [-0.2, 0) is 4.79 Å². The third kappa shape index (κ3) is 2.85. The van der Waals surface area contributed by atoms with Crippen LogP contribution in [0.1, 0.15) is 67.8 Å². The number of thioether (sulfide) groups is 1. The summed E-state index contributed by atoms with van der Waals surface area (Å²) in [5.41, 5.74) is 0. The molecule has 3 unspecified atom stereocenters. The molecule has 2 heterocycles. The van der Waals surface area contributed by atoms with Crippen LogP contribution in [0.4, 0.5) is 0 Å². The summed E-state index contributed by atoms with van der Waals surface area (Å²) >= 11 is 1.88. The van der Waals surface area contributed by atoms with Gasteiger partial charge in [-0.1, -0.05) is 24.4 Å². The van der Waals surface area contributed by atoms with Gasteiger partial charge in [-0.2, -0.15) is 16.7 Å². The lowest BCUT2D eigenvalue weighted by Gasteiger charge is -2.25. The van der Waals surface area contributed by atoms with Crippen LogP contribution in [0.5, 0.6) is 0 Å². The molecule has 1 aliphatic carbocycles. The first-order valence-corrected chi connectivity index (χ1v) is 8.48. The quantitative estimate of drug-likeness (QED) is 0.921. The average Bonchev–Trinajstić information content (AvgIpc) is 2.98. The summed E-state index contributed by atoms with van der Waals surface area (Å²) < 4.78 is 5.40. The van der Waals surface area contributed by atoms with Crippen molar-refractivity contribution in [2.24, 2.45) is 5.92 Å². The van der Waals surface area contributed by atoms with Crippen molar-refractivity contribution in [3.63, 3.8) is 0 Å². The molecular weight excluding hydrogens is 276 g/mol. The normalized spacial score (nSPS) is 31.1. The van der Waals surface area contributed by atoms with E-state index in [2.05, 4.69) is 10.1 Å². The van der Waals surface area contributed by atoms with Crippen LogP contribution in [0.2, 0.25) is 0 Å². The number of aliphatic carboxylic acids is 1. The van der Waals surface area contributed by atoms with Gasteiger partial charge < -0.3 is 9.63 Å². The second kappa shape index (κ2) is 6.16. The Kier molecular flexibility index (Phi) is 4.29. The molecule has 1 N–H and O–H groups in total. The van der Waals surface area contributed by atoms with Crippen molar-refractivity contribution in [2.75, 3.05) is 5.75 Å². The number of rotatable bonds is 3. The molecule has 1 saturated carbocycles. The van der Waals surface area contributed by atoms with E-state index in [1.165, 1.54) is 12.8 Å². The zero-order valence-corrected chi connectivity index (χ0v) is 12.3. The molecule has 0 amide bonds. The first kappa shape index (κ1) is 13.9. The number of carbonyl (C=O) groups is 1. The summed E-state index contributed by atoms with van der Waals surface area (Å²) in [6, 6.07) is 0. The van der Waals surface area contributed by atoms with Gasteiger partial charge in [-0.15, -0.1) is 0 Å². The van der Waals surface area contributed by atoms with Crippen molar-refractivity contribution in [1.82, 2.24) is 10.1 Å². The highest BCUT2D eigenvalue weighted by Gasteiger charge is 2.36. The monoisotopic (exact) mass is 296 g/mol. The maximum Gasteiger partial charge on any atom is 0.307 e. The van der Waals surface area contributed by atoms with E-state index < -0.39 is 5.97 Å². The molecule has 6 heteroatoms. The van der Waals surface area contributed by atoms with E-state index in [9.17, 15) is 9.90 Å². The molecule has 0 bridgehead atoms. The summed E-state index contributed by atoms with van der Waals surface area (Å²) in [4.78, 5) is 15.9. The van der Waals surface area contributed by atoms with E-state index in [0.717, 1.165) is 43.7 Å². The maximum absolute atomic E-state index is 11.4. The van der Waals surface area contributed by atoms with Crippen molar-refractivity contribution in [3.8, 4) is 0 Å². The predicted octanol–water partition coefficient (Wildman–Crippen LogP) is 3.39. The SMILES string of the molecule is O=C(O)C1CCCCC1c1nc(C2CCCCS2)no1. The highest BCUT2D eigenvalue weighted by molar-refractivity contribution is 7.99. The summed E-state index contributed by atoms with van der Waals surface area (Å²) in [6.07, 6.45) is 7.15. The lowest BCUT2D eigenvalue weighted by molar-refractivity contribution is -0.143. The molecule has 20 heavy (non-hydrogen) atoms. The molecule has 110 valence electrons. The van der Waals surface area contributed by atoms with Gasteiger partial charge in [0.1, 0.15) is 0 Å². The molecular formula is C14H20N2O3S. The van der Waals surface area contributed by atoms with Gasteiger partial charge in [0.05, 0.1) is 17.1 Å². The minimum absolute atomic E-state index is 0.101. The third-order valence-electron chi connectivity index (χ3n) is 4.33. The standard InChI is InChI=1S/C14H20N2O3S/c17-14(18)10-6-2-1-5-9(10)13-15-12(16-19-13)11-7-3-4-8-20-11/h9-11H,1-8H2,(H,17,18). The highest BCUT2D eigenvalue weighted by Crippen LogP contribution is 2.40. The fraction of sp³-hybridized carbons (Fsp3) is 0.786. The predicted molar refractivity (Wildman–Crippen MR) is 75.7 cm³/mol. The van der Waals surface area contributed by atoms with Crippen LogP contribution in [-0.4, -0.2) is 27.0 Å². The van der Waals surface area contributed by atoms with Crippen molar-refractivity contribution in [2.45, 2.75) is 56.1 Å². The number of carboxylic acid groups (broad SMARTS) is 1. The zero-order chi connectivity index (χ0) is 13.9. The second-order valence-electron chi connectivity index (χ2n) is 5.68. The third-order valence-corrected chi connectivity index (χ3v) is 5.70. The van der Waals surface area contributed by atoms with Gasteiger partial charge in [-0.3, -0.25) is 4.79 Å². The fourth-order valence-electron chi connectivity index (χ4n) is 3.20. The summed E-state index contributed by atoms with van der Waals surface area (Å²) in [5, 5.41) is 13.8. The van der Waals surface area contributed by atoms with E-state index in [1.54, 1.807) is 0 Å². The van der Waals surface area contributed by atoms with Gasteiger partial charge in [0.2, 0.25) is 5.89 Å². The smallest absolute Gasteiger partial charge is 0.307 e. The van der Waals surface area contributed by atoms with Crippen LogP contribution >= 0.6 is 11.8 Å². The van der Waals surface area contributed by atoms with Crippen molar-refractivity contribution >= 4 is 17.7 Å². The topological polar surface area (TPSA) is 76.2 Å². The molecule has 1 aliphatic heterocycles. The summed E-state index contributed by atoms with van der Waals surface area (Å²) in [5.74, 6) is 1.25. The minimum Gasteiger partial charge on any atom is -0.481 e. The Bertz CT molecular complexity index is 471. The van der Waals surface area contributed by atoms with Crippen molar-refractivity contribution in [3.05, 3.63) is 11.7 Å². The number of carboxylic acids is 1. The molecule has 3 rings (SSSR count). The summed E-state index contributed by atoms with van der Waals surface area (Å²) in [7, 11) is 0. The molecule has 0 spiro atoms. The molecule has 2 aliphatic rings. The first-order valence-electron chi connectivity index (χ1n) is 7.43. The van der Waals surface area contributed by atoms with Crippen molar-refractivity contribution in [1.29, 1.82) is 0 Å². The lowest BCUT2D eigenvalue weighted by atomic mass is 9.79.